The Morgan fingerprint density at radius 3 is 3.09 bits per heavy atom. The molecule has 3 N–H and O–H groups in total. The van der Waals surface area contributed by atoms with Gasteiger partial charge >= 0.3 is 0 Å². The number of hydrogen-bond acceptors (Lipinski definition) is 3. The minimum atomic E-state index is -0.0288. The Bertz CT molecular complexity index is 149. The molecule has 4 nitrogen and oxygen atoms in total. The summed E-state index contributed by atoms with van der Waals surface area (Å²) in [7, 11) is 0. The van der Waals surface area contributed by atoms with Crippen LogP contribution in [0, 0.1) is 5.92 Å². The molecule has 0 aromatic heterocycles. The Hall–Kier alpha value is -0.610. The van der Waals surface area contributed by atoms with E-state index in [0.29, 0.717) is 18.9 Å². The molecule has 1 aliphatic heterocycles. The number of hydrogen-bond donors (Lipinski definition) is 2. The van der Waals surface area contributed by atoms with Gasteiger partial charge < -0.3 is 5.73 Å². The first-order valence-corrected chi connectivity index (χ1v) is 3.88. The molecular weight excluding hydrogens is 144 g/mol. The van der Waals surface area contributed by atoms with Crippen LogP contribution in [-0.2, 0) is 9.63 Å². The molecule has 0 saturated carbocycles. The van der Waals surface area contributed by atoms with E-state index in [-0.39, 0.29) is 12.0 Å². The number of hydroxylamine groups is 1. The van der Waals surface area contributed by atoms with Crippen molar-refractivity contribution in [1.82, 2.24) is 5.48 Å². The van der Waals surface area contributed by atoms with Gasteiger partial charge in [0.25, 0.3) is 0 Å². The molecule has 0 aromatic rings. The van der Waals surface area contributed by atoms with Crippen LogP contribution in [0.3, 0.4) is 0 Å². The zero-order chi connectivity index (χ0) is 8.27. The molecule has 1 amide bonds. The molecule has 1 rings (SSSR count). The van der Waals surface area contributed by atoms with Gasteiger partial charge in [0.05, 0.1) is 12.5 Å². The molecule has 64 valence electrons. The monoisotopic (exact) mass is 158 g/mol. The average molecular weight is 158 g/mol. The van der Waals surface area contributed by atoms with Crippen molar-refractivity contribution < 1.29 is 9.63 Å². The summed E-state index contributed by atoms with van der Waals surface area (Å²) in [6.45, 7) is 2.69. The van der Waals surface area contributed by atoms with Crippen molar-refractivity contribution in [3.05, 3.63) is 0 Å². The third-order valence-corrected chi connectivity index (χ3v) is 1.97. The van der Waals surface area contributed by atoms with Crippen molar-refractivity contribution in [2.75, 3.05) is 6.54 Å². The molecule has 0 aromatic carbocycles. The lowest BCUT2D eigenvalue weighted by Gasteiger charge is -2.14. The van der Waals surface area contributed by atoms with Gasteiger partial charge in [-0.2, -0.15) is 0 Å². The highest BCUT2D eigenvalue weighted by Gasteiger charge is 2.27. The van der Waals surface area contributed by atoms with Gasteiger partial charge in [0.15, 0.2) is 0 Å². The summed E-state index contributed by atoms with van der Waals surface area (Å²) < 4.78 is 0. The molecule has 0 bridgehead atoms. The predicted octanol–water partition coefficient (Wildman–Crippen LogP) is -0.209. The maximum atomic E-state index is 10.7. The van der Waals surface area contributed by atoms with E-state index in [4.69, 9.17) is 10.6 Å². The Labute approximate surface area is 66.0 Å². The molecular formula is C7H14N2O2. The summed E-state index contributed by atoms with van der Waals surface area (Å²) in [5, 5.41) is 0. The minimum absolute atomic E-state index is 0.0195. The molecule has 1 aliphatic rings. The van der Waals surface area contributed by atoms with Gasteiger partial charge in [-0.1, -0.05) is 6.92 Å². The van der Waals surface area contributed by atoms with E-state index in [1.807, 2.05) is 6.92 Å². The highest BCUT2D eigenvalue weighted by atomic mass is 16.7. The summed E-state index contributed by atoms with van der Waals surface area (Å²) in [5.74, 6) is 0.331. The lowest BCUT2D eigenvalue weighted by atomic mass is 9.99. The Balaban J connectivity index is 2.30. The Morgan fingerprint density at radius 1 is 1.91 bits per heavy atom. The van der Waals surface area contributed by atoms with Crippen molar-refractivity contribution in [2.45, 2.75) is 25.9 Å². The number of carbonyl (C=O) groups is 1. The quantitative estimate of drug-likeness (QED) is 0.597. The van der Waals surface area contributed by atoms with Crippen LogP contribution in [0.1, 0.15) is 19.8 Å². The molecule has 0 aliphatic carbocycles. The summed E-state index contributed by atoms with van der Waals surface area (Å²) in [6.07, 6.45) is 1.40. The van der Waals surface area contributed by atoms with E-state index in [0.717, 1.165) is 6.42 Å². The molecule has 0 radical (unpaired) electrons. The molecule has 2 atom stereocenters. The smallest absolute Gasteiger partial charge is 0.246 e. The molecule has 0 spiro atoms. The first kappa shape index (κ1) is 8.49. The normalized spacial score (nSPS) is 26.7. The third kappa shape index (κ3) is 2.17. The van der Waals surface area contributed by atoms with E-state index in [1.54, 1.807) is 0 Å². The van der Waals surface area contributed by atoms with Crippen molar-refractivity contribution >= 4 is 5.91 Å². The van der Waals surface area contributed by atoms with E-state index < -0.39 is 0 Å². The summed E-state index contributed by atoms with van der Waals surface area (Å²) in [5.41, 5.74) is 7.70. The second kappa shape index (κ2) is 3.69. The van der Waals surface area contributed by atoms with Crippen LogP contribution in [-0.4, -0.2) is 18.6 Å². The summed E-state index contributed by atoms with van der Waals surface area (Å²) in [4.78, 5) is 15.7. The van der Waals surface area contributed by atoms with Crippen molar-refractivity contribution in [3.8, 4) is 0 Å². The SMILES string of the molecule is CC(CCN)C1CC(=O)NO1. The Morgan fingerprint density at radius 2 is 2.64 bits per heavy atom. The van der Waals surface area contributed by atoms with Crippen LogP contribution >= 0.6 is 0 Å². The largest absolute Gasteiger partial charge is 0.330 e. The highest BCUT2D eigenvalue weighted by molar-refractivity contribution is 5.76. The van der Waals surface area contributed by atoms with Gasteiger partial charge in [0, 0.05) is 0 Å². The van der Waals surface area contributed by atoms with E-state index in [1.165, 1.54) is 0 Å². The van der Waals surface area contributed by atoms with E-state index >= 15 is 0 Å². The second-order valence-corrected chi connectivity index (χ2v) is 2.94. The average Bonchev–Trinajstić information content (AvgIpc) is 2.36. The fraction of sp³-hybridized carbons (Fsp3) is 0.857. The molecule has 1 fully saturated rings. The first-order chi connectivity index (χ1) is 5.24. The fourth-order valence-corrected chi connectivity index (χ4v) is 1.17. The standard InChI is InChI=1S/C7H14N2O2/c1-5(2-3-8)6-4-7(10)9-11-6/h5-6H,2-4,8H2,1H3,(H,9,10). The number of carbonyl (C=O) groups excluding carboxylic acids is 1. The maximum Gasteiger partial charge on any atom is 0.246 e. The number of nitrogens with one attached hydrogen (secondary N) is 1. The lowest BCUT2D eigenvalue weighted by molar-refractivity contribution is -0.124. The van der Waals surface area contributed by atoms with Crippen LogP contribution in [0.5, 0.6) is 0 Å². The first-order valence-electron chi connectivity index (χ1n) is 3.88. The Kier molecular flexibility index (Phi) is 2.84. The van der Waals surface area contributed by atoms with Crippen LogP contribution < -0.4 is 11.2 Å². The van der Waals surface area contributed by atoms with E-state index in [9.17, 15) is 4.79 Å². The van der Waals surface area contributed by atoms with Gasteiger partial charge in [-0.3, -0.25) is 9.63 Å². The van der Waals surface area contributed by atoms with Crippen LogP contribution in [0.15, 0.2) is 0 Å². The van der Waals surface area contributed by atoms with Crippen molar-refractivity contribution in [2.24, 2.45) is 11.7 Å². The summed E-state index contributed by atoms with van der Waals surface area (Å²) >= 11 is 0. The van der Waals surface area contributed by atoms with Gasteiger partial charge in [-0.05, 0) is 18.9 Å². The molecule has 2 unspecified atom stereocenters. The fourth-order valence-electron chi connectivity index (χ4n) is 1.17. The van der Waals surface area contributed by atoms with Gasteiger partial charge in [0.1, 0.15) is 0 Å². The topological polar surface area (TPSA) is 64.4 Å². The number of amides is 1. The van der Waals surface area contributed by atoms with Crippen LogP contribution in [0.2, 0.25) is 0 Å². The number of rotatable bonds is 3. The molecule has 4 heteroatoms. The zero-order valence-corrected chi connectivity index (χ0v) is 6.67. The van der Waals surface area contributed by atoms with Gasteiger partial charge in [-0.25, -0.2) is 5.48 Å². The highest BCUT2D eigenvalue weighted by Crippen LogP contribution is 2.17. The molecule has 1 heterocycles. The number of nitrogens with two attached hydrogens (primary N) is 1. The zero-order valence-electron chi connectivity index (χ0n) is 6.67. The third-order valence-electron chi connectivity index (χ3n) is 1.97. The second-order valence-electron chi connectivity index (χ2n) is 2.94. The lowest BCUT2D eigenvalue weighted by Crippen LogP contribution is -2.21. The molecule has 11 heavy (non-hydrogen) atoms. The van der Waals surface area contributed by atoms with Crippen molar-refractivity contribution in [1.29, 1.82) is 0 Å². The summed E-state index contributed by atoms with van der Waals surface area (Å²) in [6, 6.07) is 0. The van der Waals surface area contributed by atoms with Gasteiger partial charge in [-0.15, -0.1) is 0 Å². The predicted molar refractivity (Wildman–Crippen MR) is 40.5 cm³/mol. The minimum Gasteiger partial charge on any atom is -0.330 e. The van der Waals surface area contributed by atoms with E-state index in [2.05, 4.69) is 5.48 Å². The van der Waals surface area contributed by atoms with Crippen LogP contribution in [0.25, 0.3) is 0 Å². The maximum absolute atomic E-state index is 10.7. The van der Waals surface area contributed by atoms with Crippen molar-refractivity contribution in [3.63, 3.8) is 0 Å². The van der Waals surface area contributed by atoms with Crippen LogP contribution in [0.4, 0.5) is 0 Å². The van der Waals surface area contributed by atoms with Gasteiger partial charge in [0.2, 0.25) is 5.91 Å². The molecule has 1 saturated heterocycles.